The Labute approximate surface area is 130 Å². The number of carbonyl (C=O) groups is 1. The number of hydrogen-bond donors (Lipinski definition) is 1. The summed E-state index contributed by atoms with van der Waals surface area (Å²) in [5.74, 6) is 1.48. The predicted octanol–water partition coefficient (Wildman–Crippen LogP) is 2.30. The Morgan fingerprint density at radius 2 is 1.81 bits per heavy atom. The van der Waals surface area contributed by atoms with Crippen LogP contribution in [0.4, 0.5) is 0 Å². The van der Waals surface area contributed by atoms with Crippen LogP contribution in [0, 0.1) is 11.8 Å². The smallest absolute Gasteiger partial charge is 0.241 e. The highest BCUT2D eigenvalue weighted by Crippen LogP contribution is 2.26. The second-order valence-electron chi connectivity index (χ2n) is 7.74. The SMILES string of the molecule is CC(C)CC1NC(CC(C)C)N(CCN(C)C2CC2)C1=O. The number of likely N-dealkylation sites (N-methyl/N-ethyl adjacent to an activating group) is 1. The van der Waals surface area contributed by atoms with Crippen LogP contribution >= 0.6 is 0 Å². The zero-order valence-corrected chi connectivity index (χ0v) is 14.4. The highest BCUT2D eigenvalue weighted by atomic mass is 16.2. The number of rotatable bonds is 8. The Kier molecular flexibility index (Phi) is 5.67. The van der Waals surface area contributed by atoms with Crippen LogP contribution in [0.2, 0.25) is 0 Å². The fraction of sp³-hybridized carbons (Fsp3) is 0.941. The molecule has 1 saturated carbocycles. The molecule has 21 heavy (non-hydrogen) atoms. The highest BCUT2D eigenvalue weighted by molar-refractivity contribution is 5.84. The second kappa shape index (κ2) is 7.10. The third kappa shape index (κ3) is 4.68. The van der Waals surface area contributed by atoms with Crippen molar-refractivity contribution in [2.45, 2.75) is 71.6 Å². The summed E-state index contributed by atoms with van der Waals surface area (Å²) < 4.78 is 0. The van der Waals surface area contributed by atoms with E-state index in [-0.39, 0.29) is 12.2 Å². The first kappa shape index (κ1) is 16.8. The van der Waals surface area contributed by atoms with Crippen LogP contribution in [0.5, 0.6) is 0 Å². The summed E-state index contributed by atoms with van der Waals surface area (Å²) in [5.41, 5.74) is 0. The van der Waals surface area contributed by atoms with Crippen molar-refractivity contribution in [1.29, 1.82) is 0 Å². The molecule has 0 aromatic heterocycles. The molecule has 1 saturated heterocycles. The zero-order chi connectivity index (χ0) is 15.6. The molecule has 1 heterocycles. The molecular formula is C17H33N3O. The van der Waals surface area contributed by atoms with Crippen molar-refractivity contribution in [1.82, 2.24) is 15.1 Å². The van der Waals surface area contributed by atoms with Crippen LogP contribution < -0.4 is 5.32 Å². The number of nitrogens with zero attached hydrogens (tertiary/aromatic N) is 2. The Morgan fingerprint density at radius 3 is 2.33 bits per heavy atom. The van der Waals surface area contributed by atoms with Gasteiger partial charge < -0.3 is 9.80 Å². The van der Waals surface area contributed by atoms with Gasteiger partial charge in [0.15, 0.2) is 0 Å². The molecular weight excluding hydrogens is 262 g/mol. The fourth-order valence-electron chi connectivity index (χ4n) is 3.26. The van der Waals surface area contributed by atoms with E-state index in [2.05, 4.69) is 49.9 Å². The van der Waals surface area contributed by atoms with Gasteiger partial charge in [-0.05, 0) is 44.6 Å². The number of nitrogens with one attached hydrogen (secondary N) is 1. The van der Waals surface area contributed by atoms with E-state index in [4.69, 9.17) is 0 Å². The van der Waals surface area contributed by atoms with E-state index in [1.54, 1.807) is 0 Å². The predicted molar refractivity (Wildman–Crippen MR) is 87.0 cm³/mol. The van der Waals surface area contributed by atoms with Crippen LogP contribution in [0.25, 0.3) is 0 Å². The molecule has 122 valence electrons. The molecule has 1 amide bonds. The fourth-order valence-corrected chi connectivity index (χ4v) is 3.26. The third-order valence-corrected chi connectivity index (χ3v) is 4.62. The molecule has 2 rings (SSSR count). The lowest BCUT2D eigenvalue weighted by molar-refractivity contribution is -0.130. The number of hydrogen-bond acceptors (Lipinski definition) is 3. The maximum Gasteiger partial charge on any atom is 0.241 e. The average molecular weight is 295 g/mol. The van der Waals surface area contributed by atoms with E-state index in [1.165, 1.54) is 12.8 Å². The Balaban J connectivity index is 1.93. The van der Waals surface area contributed by atoms with Gasteiger partial charge in [-0.1, -0.05) is 27.7 Å². The molecule has 2 aliphatic rings. The van der Waals surface area contributed by atoms with Crippen LogP contribution in [-0.2, 0) is 4.79 Å². The molecule has 2 fully saturated rings. The van der Waals surface area contributed by atoms with Crippen molar-refractivity contribution in [2.24, 2.45) is 11.8 Å². The first-order valence-corrected chi connectivity index (χ1v) is 8.65. The Morgan fingerprint density at radius 1 is 1.19 bits per heavy atom. The van der Waals surface area contributed by atoms with E-state index < -0.39 is 0 Å². The van der Waals surface area contributed by atoms with Gasteiger partial charge in [0, 0.05) is 19.1 Å². The summed E-state index contributed by atoms with van der Waals surface area (Å²) in [6.45, 7) is 10.7. The van der Waals surface area contributed by atoms with Crippen molar-refractivity contribution in [3.63, 3.8) is 0 Å². The van der Waals surface area contributed by atoms with Crippen molar-refractivity contribution >= 4 is 5.91 Å². The maximum absolute atomic E-state index is 12.7. The van der Waals surface area contributed by atoms with E-state index in [0.717, 1.165) is 32.0 Å². The van der Waals surface area contributed by atoms with Gasteiger partial charge in [-0.3, -0.25) is 10.1 Å². The van der Waals surface area contributed by atoms with Gasteiger partial charge in [-0.25, -0.2) is 0 Å². The van der Waals surface area contributed by atoms with Gasteiger partial charge >= 0.3 is 0 Å². The monoisotopic (exact) mass is 295 g/mol. The minimum atomic E-state index is 0.0278. The van der Waals surface area contributed by atoms with Crippen molar-refractivity contribution < 1.29 is 4.79 Å². The molecule has 1 N–H and O–H groups in total. The van der Waals surface area contributed by atoms with Crippen molar-refractivity contribution in [3.8, 4) is 0 Å². The quantitative estimate of drug-likeness (QED) is 0.746. The summed E-state index contributed by atoms with van der Waals surface area (Å²) >= 11 is 0. The lowest BCUT2D eigenvalue weighted by Crippen LogP contribution is -2.42. The minimum absolute atomic E-state index is 0.0278. The average Bonchev–Trinajstić information content (AvgIpc) is 3.16. The first-order valence-electron chi connectivity index (χ1n) is 8.65. The molecule has 2 unspecified atom stereocenters. The summed E-state index contributed by atoms with van der Waals surface area (Å²) in [4.78, 5) is 17.2. The normalized spacial score (nSPS) is 26.7. The van der Waals surface area contributed by atoms with Crippen LogP contribution in [0.15, 0.2) is 0 Å². The highest BCUT2D eigenvalue weighted by Gasteiger charge is 2.39. The van der Waals surface area contributed by atoms with Gasteiger partial charge in [-0.2, -0.15) is 0 Å². The lowest BCUT2D eigenvalue weighted by atomic mass is 10.0. The molecule has 0 radical (unpaired) electrons. The molecule has 0 aromatic rings. The van der Waals surface area contributed by atoms with Gasteiger partial charge in [0.25, 0.3) is 0 Å². The largest absolute Gasteiger partial charge is 0.325 e. The molecule has 4 nitrogen and oxygen atoms in total. The molecule has 4 heteroatoms. The second-order valence-corrected chi connectivity index (χ2v) is 7.74. The minimum Gasteiger partial charge on any atom is -0.325 e. The summed E-state index contributed by atoms with van der Waals surface area (Å²) in [5, 5.41) is 3.58. The molecule has 0 spiro atoms. The molecule has 0 aromatic carbocycles. The molecule has 1 aliphatic heterocycles. The zero-order valence-electron chi connectivity index (χ0n) is 14.4. The van der Waals surface area contributed by atoms with Gasteiger partial charge in [0.05, 0.1) is 12.2 Å². The van der Waals surface area contributed by atoms with Gasteiger partial charge in [0.2, 0.25) is 5.91 Å². The van der Waals surface area contributed by atoms with E-state index >= 15 is 0 Å². The Bertz CT molecular complexity index is 352. The number of amides is 1. The standard InChI is InChI=1S/C17H33N3O/c1-12(2)10-15-17(21)20(16(18-15)11-13(3)4)9-8-19(5)14-6-7-14/h12-16,18H,6-11H2,1-5H3. The lowest BCUT2D eigenvalue weighted by Gasteiger charge is -2.27. The van der Waals surface area contributed by atoms with Crippen LogP contribution in [0.3, 0.4) is 0 Å². The molecule has 0 bridgehead atoms. The Hall–Kier alpha value is -0.610. The van der Waals surface area contributed by atoms with Crippen LogP contribution in [0.1, 0.15) is 53.4 Å². The van der Waals surface area contributed by atoms with Crippen LogP contribution in [-0.4, -0.2) is 54.1 Å². The van der Waals surface area contributed by atoms with Gasteiger partial charge in [-0.15, -0.1) is 0 Å². The summed E-state index contributed by atoms with van der Waals surface area (Å²) in [6, 6.07) is 0.797. The van der Waals surface area contributed by atoms with E-state index in [0.29, 0.717) is 17.7 Å². The summed E-state index contributed by atoms with van der Waals surface area (Å²) in [7, 11) is 2.19. The van der Waals surface area contributed by atoms with Crippen molar-refractivity contribution in [3.05, 3.63) is 0 Å². The molecule has 1 aliphatic carbocycles. The van der Waals surface area contributed by atoms with Crippen molar-refractivity contribution in [2.75, 3.05) is 20.1 Å². The number of carbonyl (C=O) groups excluding carboxylic acids is 1. The van der Waals surface area contributed by atoms with Gasteiger partial charge in [0.1, 0.15) is 0 Å². The topological polar surface area (TPSA) is 35.6 Å². The molecule has 2 atom stereocenters. The summed E-state index contributed by atoms with van der Waals surface area (Å²) in [6.07, 6.45) is 4.88. The van der Waals surface area contributed by atoms with E-state index in [1.807, 2.05) is 0 Å². The maximum atomic E-state index is 12.7. The van der Waals surface area contributed by atoms with E-state index in [9.17, 15) is 4.79 Å². The third-order valence-electron chi connectivity index (χ3n) is 4.62. The first-order chi connectivity index (χ1) is 9.88.